The van der Waals surface area contributed by atoms with E-state index >= 15 is 0 Å². The number of carbonyl (C=O) groups is 2. The summed E-state index contributed by atoms with van der Waals surface area (Å²) in [5.74, 6) is -0.852. The molecule has 0 atom stereocenters. The van der Waals surface area contributed by atoms with Crippen molar-refractivity contribution in [3.8, 4) is 33.4 Å². The van der Waals surface area contributed by atoms with E-state index in [2.05, 4.69) is 188 Å². The van der Waals surface area contributed by atoms with E-state index in [0.717, 1.165) is 44.5 Å². The molecular weight excluding hydrogens is 845 g/mol. The molecule has 0 aliphatic heterocycles. The molecule has 69 heavy (non-hydrogen) atoms. The van der Waals surface area contributed by atoms with Gasteiger partial charge in [0.25, 0.3) is 0 Å². The fraction of sp³-hybridized carbons (Fsp3) is 0.231. The number of carbonyl (C=O) groups excluding carboxylic acids is 2. The van der Waals surface area contributed by atoms with E-state index in [1.54, 1.807) is 13.8 Å². The van der Waals surface area contributed by atoms with E-state index in [1.165, 1.54) is 75.8 Å². The number of hydrogen-bond donors (Lipinski definition) is 0. The summed E-state index contributed by atoms with van der Waals surface area (Å²) in [5, 5.41) is 14.9. The van der Waals surface area contributed by atoms with Crippen LogP contribution >= 0.6 is 0 Å². The molecule has 0 heterocycles. The standard InChI is InChI=1S/C65H58O4/c1-37(2)61(66)68-29-11-28-65(36-69-62(67)38(3)4)55-34-41(49-22-16-39-12-14-43-30-47(63(5,6)7)32-45-20-26-53(49)59(39)57(43)45)18-24-51(55)52-25-19-42(35-56(52)65)50-23-17-40-13-15-44-31-48(64(8,9)10)33-46-21-27-54(50)60(40)58(44)46/h12-27,30-35H,1,3,11,28-29,36H2,2,4-10H3. The molecule has 4 heteroatoms. The van der Waals surface area contributed by atoms with E-state index in [4.69, 9.17) is 9.47 Å². The monoisotopic (exact) mass is 902 g/mol. The second-order valence-corrected chi connectivity index (χ2v) is 21.9. The highest BCUT2D eigenvalue weighted by atomic mass is 16.5. The van der Waals surface area contributed by atoms with Gasteiger partial charge in [-0.05, 0) is 170 Å². The van der Waals surface area contributed by atoms with Gasteiger partial charge in [-0.2, -0.15) is 0 Å². The van der Waals surface area contributed by atoms with Crippen molar-refractivity contribution in [2.24, 2.45) is 0 Å². The Morgan fingerprint density at radius 3 is 1.26 bits per heavy atom. The molecule has 1 aliphatic rings. The summed E-state index contributed by atoms with van der Waals surface area (Å²) in [4.78, 5) is 26.2. The van der Waals surface area contributed by atoms with Gasteiger partial charge in [0.05, 0.1) is 12.0 Å². The molecule has 0 aromatic heterocycles. The van der Waals surface area contributed by atoms with Crippen LogP contribution in [0.1, 0.15) is 90.5 Å². The van der Waals surface area contributed by atoms with Crippen molar-refractivity contribution in [2.75, 3.05) is 13.2 Å². The molecule has 0 unspecified atom stereocenters. The molecule has 0 spiro atoms. The number of hydrogen-bond acceptors (Lipinski definition) is 4. The minimum atomic E-state index is -0.794. The van der Waals surface area contributed by atoms with Crippen LogP contribution in [0.4, 0.5) is 0 Å². The SMILES string of the molecule is C=C(C)C(=O)OCCCC1(COC(=O)C(=C)C)c2cc(-c3ccc4ccc5cc(C(C)(C)C)cc6ccc3c4c56)ccc2-c2ccc(-c3ccc4ccc5cc(C(C)(C)C)cc6ccc3c4c56)cc21. The second-order valence-electron chi connectivity index (χ2n) is 21.9. The third-order valence-corrected chi connectivity index (χ3v) is 15.0. The largest absolute Gasteiger partial charge is 0.462 e. The molecular formula is C65H58O4. The topological polar surface area (TPSA) is 52.6 Å². The lowest BCUT2D eigenvalue weighted by molar-refractivity contribution is -0.140. The fourth-order valence-corrected chi connectivity index (χ4v) is 11.3. The Labute approximate surface area is 404 Å². The Morgan fingerprint density at radius 2 is 0.841 bits per heavy atom. The number of fused-ring (bicyclic) bond motifs is 3. The Morgan fingerprint density at radius 1 is 0.464 bits per heavy atom. The molecule has 342 valence electrons. The molecule has 0 saturated carbocycles. The lowest BCUT2D eigenvalue weighted by Crippen LogP contribution is -2.33. The summed E-state index contributed by atoms with van der Waals surface area (Å²) in [6.45, 7) is 25.0. The molecule has 0 bridgehead atoms. The predicted octanol–water partition coefficient (Wildman–Crippen LogP) is 16.7. The maximum Gasteiger partial charge on any atom is 0.333 e. The van der Waals surface area contributed by atoms with Gasteiger partial charge in [-0.3, -0.25) is 0 Å². The quantitative estimate of drug-likeness (QED) is 0.0594. The van der Waals surface area contributed by atoms with Gasteiger partial charge in [0.1, 0.15) is 6.61 Å². The van der Waals surface area contributed by atoms with Gasteiger partial charge in [0, 0.05) is 11.1 Å². The van der Waals surface area contributed by atoms with Gasteiger partial charge in [-0.25, -0.2) is 9.59 Å². The number of benzene rings is 10. The Bertz CT molecular complexity index is 3540. The molecule has 10 aromatic rings. The number of esters is 2. The van der Waals surface area contributed by atoms with Crippen LogP contribution in [0, 0.1) is 0 Å². The molecule has 0 saturated heterocycles. The highest BCUT2D eigenvalue weighted by molar-refractivity contribution is 6.27. The Kier molecular flexibility index (Phi) is 10.2. The van der Waals surface area contributed by atoms with Crippen molar-refractivity contribution in [3.05, 3.63) is 180 Å². The van der Waals surface area contributed by atoms with E-state index < -0.39 is 17.4 Å². The summed E-state index contributed by atoms with van der Waals surface area (Å²) in [7, 11) is 0. The first kappa shape index (κ1) is 44.2. The first-order valence-electron chi connectivity index (χ1n) is 24.3. The first-order valence-corrected chi connectivity index (χ1v) is 24.3. The van der Waals surface area contributed by atoms with Gasteiger partial charge in [-0.1, -0.05) is 176 Å². The van der Waals surface area contributed by atoms with E-state index in [9.17, 15) is 9.59 Å². The van der Waals surface area contributed by atoms with Crippen molar-refractivity contribution in [2.45, 2.75) is 84.5 Å². The molecule has 0 amide bonds. The van der Waals surface area contributed by atoms with Crippen molar-refractivity contribution in [1.82, 2.24) is 0 Å². The molecule has 0 N–H and O–H groups in total. The van der Waals surface area contributed by atoms with E-state index in [0.29, 0.717) is 24.0 Å². The Balaban J connectivity index is 1.10. The Hall–Kier alpha value is -7.30. The van der Waals surface area contributed by atoms with Gasteiger partial charge >= 0.3 is 11.9 Å². The summed E-state index contributed by atoms with van der Waals surface area (Å²) >= 11 is 0. The van der Waals surface area contributed by atoms with Crippen LogP contribution in [0.3, 0.4) is 0 Å². The maximum absolute atomic E-state index is 13.5. The predicted molar refractivity (Wildman–Crippen MR) is 289 cm³/mol. The molecule has 1 aliphatic carbocycles. The van der Waals surface area contributed by atoms with Gasteiger partial charge in [0.15, 0.2) is 0 Å². The van der Waals surface area contributed by atoms with Crippen LogP contribution in [-0.4, -0.2) is 25.2 Å². The summed E-state index contributed by atoms with van der Waals surface area (Å²) < 4.78 is 12.0. The van der Waals surface area contributed by atoms with Crippen molar-refractivity contribution >= 4 is 76.6 Å². The van der Waals surface area contributed by atoms with E-state index in [-0.39, 0.29) is 24.0 Å². The maximum atomic E-state index is 13.5. The zero-order valence-electron chi connectivity index (χ0n) is 41.1. The van der Waals surface area contributed by atoms with Crippen LogP contribution < -0.4 is 0 Å². The summed E-state index contributed by atoms with van der Waals surface area (Å²) in [5.41, 5.74) is 11.4. The highest BCUT2D eigenvalue weighted by Crippen LogP contribution is 2.55. The number of ether oxygens (including phenoxy) is 2. The van der Waals surface area contributed by atoms with Gasteiger partial charge in [0.2, 0.25) is 0 Å². The smallest absolute Gasteiger partial charge is 0.333 e. The van der Waals surface area contributed by atoms with Crippen LogP contribution in [0.2, 0.25) is 0 Å². The minimum Gasteiger partial charge on any atom is -0.462 e. The molecule has 10 aromatic carbocycles. The van der Waals surface area contributed by atoms with E-state index in [1.807, 2.05) is 0 Å². The van der Waals surface area contributed by atoms with Crippen LogP contribution in [0.5, 0.6) is 0 Å². The van der Waals surface area contributed by atoms with Gasteiger partial charge < -0.3 is 9.47 Å². The highest BCUT2D eigenvalue weighted by Gasteiger charge is 2.45. The lowest BCUT2D eigenvalue weighted by Gasteiger charge is -2.32. The van der Waals surface area contributed by atoms with Crippen LogP contribution in [-0.2, 0) is 35.3 Å². The average molecular weight is 903 g/mol. The van der Waals surface area contributed by atoms with Crippen molar-refractivity contribution in [3.63, 3.8) is 0 Å². The zero-order chi connectivity index (χ0) is 48.3. The second kappa shape index (κ2) is 15.9. The molecule has 0 fully saturated rings. The summed E-state index contributed by atoms with van der Waals surface area (Å²) in [6, 6.07) is 50.3. The third-order valence-electron chi connectivity index (χ3n) is 15.0. The summed E-state index contributed by atoms with van der Waals surface area (Å²) in [6.07, 6.45) is 1.08. The number of rotatable bonds is 10. The fourth-order valence-electron chi connectivity index (χ4n) is 11.3. The normalized spacial score (nSPS) is 13.5. The third kappa shape index (κ3) is 7.18. The lowest BCUT2D eigenvalue weighted by atomic mass is 9.74. The van der Waals surface area contributed by atoms with Gasteiger partial charge in [-0.15, -0.1) is 0 Å². The van der Waals surface area contributed by atoms with Crippen LogP contribution in [0.15, 0.2) is 158 Å². The minimum absolute atomic E-state index is 0.0223. The van der Waals surface area contributed by atoms with Crippen LogP contribution in [0.25, 0.3) is 98.0 Å². The zero-order valence-corrected chi connectivity index (χ0v) is 41.1. The molecule has 11 rings (SSSR count). The average Bonchev–Trinajstić information content (AvgIpc) is 3.59. The molecule has 4 nitrogen and oxygen atoms in total. The first-order chi connectivity index (χ1) is 32.9. The van der Waals surface area contributed by atoms with Crippen molar-refractivity contribution in [1.29, 1.82) is 0 Å². The molecule has 0 radical (unpaired) electrons. The van der Waals surface area contributed by atoms with Crippen molar-refractivity contribution < 1.29 is 19.1 Å².